The molecule has 1 atom stereocenters. The first-order chi connectivity index (χ1) is 7.65. The van der Waals surface area contributed by atoms with Gasteiger partial charge in [0.05, 0.1) is 5.92 Å². The first-order valence-electron chi connectivity index (χ1n) is 5.52. The van der Waals surface area contributed by atoms with Crippen molar-refractivity contribution in [2.24, 2.45) is 0 Å². The Morgan fingerprint density at radius 3 is 2.81 bits per heavy atom. The second-order valence-corrected chi connectivity index (χ2v) is 5.18. The topological polar surface area (TPSA) is 37.3 Å². The van der Waals surface area contributed by atoms with Crippen molar-refractivity contribution in [2.45, 2.75) is 26.2 Å². The average Bonchev–Trinajstić information content (AvgIpc) is 2.24. The van der Waals surface area contributed by atoms with Gasteiger partial charge in [-0.25, -0.2) is 0 Å². The molecule has 0 aliphatic carbocycles. The minimum atomic E-state index is -0.720. The van der Waals surface area contributed by atoms with Crippen LogP contribution in [0.25, 0.3) is 0 Å². The van der Waals surface area contributed by atoms with Gasteiger partial charge in [0.1, 0.15) is 0 Å². The summed E-state index contributed by atoms with van der Waals surface area (Å²) in [7, 11) is 0. The smallest absolute Gasteiger partial charge is 0.311 e. The van der Waals surface area contributed by atoms with Gasteiger partial charge in [-0.15, -0.1) is 0 Å². The molecular weight excluding hydrogens is 220 g/mol. The molecule has 0 bridgehead atoms. The zero-order chi connectivity index (χ0) is 12.0. The SMILES string of the molecule is CCSCCC(C(=O)O)c1cccc(C)c1. The van der Waals surface area contributed by atoms with E-state index in [1.165, 1.54) is 0 Å². The number of carbonyl (C=O) groups is 1. The van der Waals surface area contributed by atoms with Crippen LogP contribution in [0.4, 0.5) is 0 Å². The molecule has 1 N–H and O–H groups in total. The molecule has 0 aliphatic rings. The van der Waals surface area contributed by atoms with E-state index in [2.05, 4.69) is 6.92 Å². The van der Waals surface area contributed by atoms with E-state index in [0.717, 1.165) is 22.6 Å². The Labute approximate surface area is 101 Å². The summed E-state index contributed by atoms with van der Waals surface area (Å²) >= 11 is 1.79. The van der Waals surface area contributed by atoms with Crippen LogP contribution in [0.2, 0.25) is 0 Å². The van der Waals surface area contributed by atoms with Crippen molar-refractivity contribution in [1.29, 1.82) is 0 Å². The third-order valence-electron chi connectivity index (χ3n) is 2.50. The monoisotopic (exact) mass is 238 g/mol. The van der Waals surface area contributed by atoms with Crippen LogP contribution in [-0.4, -0.2) is 22.6 Å². The van der Waals surface area contributed by atoms with Crippen LogP contribution in [-0.2, 0) is 4.79 Å². The first kappa shape index (κ1) is 13.1. The minimum absolute atomic E-state index is 0.362. The summed E-state index contributed by atoms with van der Waals surface area (Å²) in [5, 5.41) is 9.21. The van der Waals surface area contributed by atoms with Gasteiger partial charge in [-0.05, 0) is 30.4 Å². The fourth-order valence-corrected chi connectivity index (χ4v) is 2.36. The second kappa shape index (κ2) is 6.59. The highest BCUT2D eigenvalue weighted by Crippen LogP contribution is 2.23. The molecule has 0 saturated heterocycles. The molecule has 0 saturated carbocycles. The molecule has 0 spiro atoms. The lowest BCUT2D eigenvalue weighted by atomic mass is 9.95. The van der Waals surface area contributed by atoms with Crippen molar-refractivity contribution in [3.63, 3.8) is 0 Å². The quantitative estimate of drug-likeness (QED) is 0.773. The average molecular weight is 238 g/mol. The molecule has 0 aromatic heterocycles. The highest BCUT2D eigenvalue weighted by molar-refractivity contribution is 7.99. The normalized spacial score (nSPS) is 12.4. The first-order valence-corrected chi connectivity index (χ1v) is 6.67. The summed E-state index contributed by atoms with van der Waals surface area (Å²) in [4.78, 5) is 11.2. The van der Waals surface area contributed by atoms with Gasteiger partial charge in [0.15, 0.2) is 0 Å². The number of hydrogen-bond donors (Lipinski definition) is 1. The molecule has 0 amide bonds. The second-order valence-electron chi connectivity index (χ2n) is 3.79. The van der Waals surface area contributed by atoms with E-state index in [1.54, 1.807) is 11.8 Å². The third kappa shape index (κ3) is 3.89. The Morgan fingerprint density at radius 1 is 1.50 bits per heavy atom. The molecule has 0 radical (unpaired) electrons. The predicted octanol–water partition coefficient (Wildman–Crippen LogP) is 3.31. The number of aliphatic carboxylic acids is 1. The summed E-state index contributed by atoms with van der Waals surface area (Å²) in [6.07, 6.45) is 0.706. The Bertz CT molecular complexity index is 350. The summed E-state index contributed by atoms with van der Waals surface area (Å²) in [5.41, 5.74) is 2.04. The molecular formula is C13H18O2S. The Morgan fingerprint density at radius 2 is 2.25 bits per heavy atom. The van der Waals surface area contributed by atoms with Gasteiger partial charge < -0.3 is 5.11 Å². The largest absolute Gasteiger partial charge is 0.481 e. The van der Waals surface area contributed by atoms with Gasteiger partial charge in [0.25, 0.3) is 0 Å². The van der Waals surface area contributed by atoms with Crippen LogP contribution >= 0.6 is 11.8 Å². The molecule has 0 heterocycles. The predicted molar refractivity (Wildman–Crippen MR) is 69.2 cm³/mol. The lowest BCUT2D eigenvalue weighted by Gasteiger charge is -2.12. The molecule has 3 heteroatoms. The van der Waals surface area contributed by atoms with Crippen molar-refractivity contribution in [3.8, 4) is 0 Å². The Kier molecular flexibility index (Phi) is 5.39. The highest BCUT2D eigenvalue weighted by Gasteiger charge is 2.19. The summed E-state index contributed by atoms with van der Waals surface area (Å²) < 4.78 is 0. The molecule has 1 rings (SSSR count). The van der Waals surface area contributed by atoms with Crippen LogP contribution in [0.5, 0.6) is 0 Å². The van der Waals surface area contributed by atoms with Crippen molar-refractivity contribution in [1.82, 2.24) is 0 Å². The van der Waals surface area contributed by atoms with Gasteiger partial charge in [0.2, 0.25) is 0 Å². The van der Waals surface area contributed by atoms with Crippen LogP contribution in [0.3, 0.4) is 0 Å². The Balaban J connectivity index is 2.73. The fraction of sp³-hybridized carbons (Fsp3) is 0.462. The highest BCUT2D eigenvalue weighted by atomic mass is 32.2. The standard InChI is InChI=1S/C13H18O2S/c1-3-16-8-7-12(13(14)15)11-6-4-5-10(2)9-11/h4-6,9,12H,3,7-8H2,1-2H3,(H,14,15). The van der Waals surface area contributed by atoms with Crippen LogP contribution in [0, 0.1) is 6.92 Å². The third-order valence-corrected chi connectivity index (χ3v) is 3.43. The minimum Gasteiger partial charge on any atom is -0.481 e. The number of rotatable bonds is 6. The van der Waals surface area contributed by atoms with E-state index in [9.17, 15) is 9.90 Å². The van der Waals surface area contributed by atoms with E-state index in [4.69, 9.17) is 0 Å². The number of aryl methyl sites for hydroxylation is 1. The number of carboxylic acid groups (broad SMARTS) is 1. The van der Waals surface area contributed by atoms with Crippen molar-refractivity contribution >= 4 is 17.7 Å². The number of carboxylic acids is 1. The molecule has 16 heavy (non-hydrogen) atoms. The van der Waals surface area contributed by atoms with E-state index < -0.39 is 5.97 Å². The molecule has 88 valence electrons. The van der Waals surface area contributed by atoms with Crippen LogP contribution < -0.4 is 0 Å². The Hall–Kier alpha value is -0.960. The molecule has 1 aromatic carbocycles. The van der Waals surface area contributed by atoms with Crippen molar-refractivity contribution < 1.29 is 9.90 Å². The maximum atomic E-state index is 11.2. The summed E-state index contributed by atoms with van der Waals surface area (Å²) in [6.45, 7) is 4.08. The maximum absolute atomic E-state index is 11.2. The summed E-state index contributed by atoms with van der Waals surface area (Å²) in [6, 6.07) is 7.79. The van der Waals surface area contributed by atoms with E-state index in [-0.39, 0.29) is 5.92 Å². The zero-order valence-corrected chi connectivity index (χ0v) is 10.6. The lowest BCUT2D eigenvalue weighted by Crippen LogP contribution is -2.12. The van der Waals surface area contributed by atoms with Gasteiger partial charge in [-0.3, -0.25) is 4.79 Å². The van der Waals surface area contributed by atoms with Crippen LogP contribution in [0.15, 0.2) is 24.3 Å². The maximum Gasteiger partial charge on any atom is 0.311 e. The molecule has 1 aromatic rings. The van der Waals surface area contributed by atoms with Gasteiger partial charge in [-0.2, -0.15) is 11.8 Å². The van der Waals surface area contributed by atoms with E-state index in [0.29, 0.717) is 6.42 Å². The number of thioether (sulfide) groups is 1. The molecule has 2 nitrogen and oxygen atoms in total. The van der Waals surface area contributed by atoms with E-state index >= 15 is 0 Å². The van der Waals surface area contributed by atoms with E-state index in [1.807, 2.05) is 31.2 Å². The summed E-state index contributed by atoms with van der Waals surface area (Å²) in [5.74, 6) is 0.864. The van der Waals surface area contributed by atoms with Gasteiger partial charge in [0, 0.05) is 0 Å². The van der Waals surface area contributed by atoms with Crippen LogP contribution in [0.1, 0.15) is 30.4 Å². The zero-order valence-electron chi connectivity index (χ0n) is 9.77. The molecule has 0 aliphatic heterocycles. The molecule has 1 unspecified atom stereocenters. The van der Waals surface area contributed by atoms with Gasteiger partial charge in [-0.1, -0.05) is 36.8 Å². The molecule has 0 fully saturated rings. The number of hydrogen-bond acceptors (Lipinski definition) is 2. The van der Waals surface area contributed by atoms with Crippen molar-refractivity contribution in [2.75, 3.05) is 11.5 Å². The lowest BCUT2D eigenvalue weighted by molar-refractivity contribution is -0.138. The van der Waals surface area contributed by atoms with Gasteiger partial charge >= 0.3 is 5.97 Å². The fourth-order valence-electron chi connectivity index (χ4n) is 1.67. The number of benzene rings is 1. The van der Waals surface area contributed by atoms with Crippen molar-refractivity contribution in [3.05, 3.63) is 35.4 Å².